The van der Waals surface area contributed by atoms with Crippen LogP contribution in [-0.2, 0) is 6.42 Å². The van der Waals surface area contributed by atoms with Crippen molar-refractivity contribution in [2.24, 2.45) is 0 Å². The van der Waals surface area contributed by atoms with Crippen LogP contribution in [0.2, 0.25) is 0 Å². The van der Waals surface area contributed by atoms with Crippen LogP contribution in [0, 0.1) is 6.92 Å². The van der Waals surface area contributed by atoms with E-state index >= 15 is 0 Å². The van der Waals surface area contributed by atoms with Crippen LogP contribution in [0.5, 0.6) is 5.75 Å². The zero-order chi connectivity index (χ0) is 20.8. The summed E-state index contributed by atoms with van der Waals surface area (Å²) in [6.45, 7) is 5.46. The van der Waals surface area contributed by atoms with Gasteiger partial charge in [-0.2, -0.15) is 0 Å². The number of likely N-dealkylation sites (N-methyl/N-ethyl adjacent to an activating group) is 1. The minimum Gasteiger partial charge on any atom is -0.494 e. The first-order chi connectivity index (χ1) is 14.0. The number of aryl methyl sites for hydroxylation is 1. The average Bonchev–Trinajstić information content (AvgIpc) is 3.10. The van der Waals surface area contributed by atoms with Gasteiger partial charge in [0.25, 0.3) is 5.91 Å². The lowest BCUT2D eigenvalue weighted by Crippen LogP contribution is -2.15. The van der Waals surface area contributed by atoms with E-state index in [1.807, 2.05) is 50.2 Å². The third-order valence-corrected chi connectivity index (χ3v) is 5.68. The molecular weight excluding hydrogens is 382 g/mol. The predicted octanol–water partition coefficient (Wildman–Crippen LogP) is 4.87. The van der Waals surface area contributed by atoms with Crippen molar-refractivity contribution in [3.05, 3.63) is 64.7 Å². The molecule has 3 rings (SSSR count). The fraction of sp³-hybridized carbons (Fsp3) is 0.304. The molecule has 0 radical (unpaired) electrons. The minimum absolute atomic E-state index is 0.127. The molecule has 5 nitrogen and oxygen atoms in total. The highest BCUT2D eigenvalue weighted by atomic mass is 32.1. The molecule has 1 N–H and O–H groups in total. The van der Waals surface area contributed by atoms with Crippen molar-refractivity contribution in [1.82, 2.24) is 9.88 Å². The number of amides is 1. The van der Waals surface area contributed by atoms with Crippen molar-refractivity contribution < 1.29 is 9.53 Å². The molecule has 0 aliphatic heterocycles. The van der Waals surface area contributed by atoms with Gasteiger partial charge in [0.1, 0.15) is 15.6 Å². The number of aromatic nitrogens is 1. The molecule has 152 valence electrons. The fourth-order valence-electron chi connectivity index (χ4n) is 2.89. The normalized spacial score (nSPS) is 10.9. The SMILES string of the molecule is CCOc1ccc(-c2nc(C)c(C(=O)Nc3ccc(CCN(C)C)cc3)s2)cc1. The molecule has 1 amide bonds. The Morgan fingerprint density at radius 3 is 2.41 bits per heavy atom. The maximum absolute atomic E-state index is 12.8. The summed E-state index contributed by atoms with van der Waals surface area (Å²) >= 11 is 1.40. The summed E-state index contributed by atoms with van der Waals surface area (Å²) in [4.78, 5) is 20.1. The molecule has 6 heteroatoms. The second-order valence-electron chi connectivity index (χ2n) is 7.10. The topological polar surface area (TPSA) is 54.5 Å². The fourth-order valence-corrected chi connectivity index (χ4v) is 3.85. The van der Waals surface area contributed by atoms with E-state index in [-0.39, 0.29) is 5.91 Å². The number of nitrogens with zero attached hydrogens (tertiary/aromatic N) is 2. The van der Waals surface area contributed by atoms with E-state index < -0.39 is 0 Å². The summed E-state index contributed by atoms with van der Waals surface area (Å²) in [5.41, 5.74) is 3.76. The third-order valence-electron chi connectivity index (χ3n) is 4.47. The van der Waals surface area contributed by atoms with Gasteiger partial charge in [0.05, 0.1) is 12.3 Å². The molecular formula is C23H27N3O2S. The van der Waals surface area contributed by atoms with Gasteiger partial charge in [-0.05, 0) is 76.3 Å². The van der Waals surface area contributed by atoms with Gasteiger partial charge in [0.2, 0.25) is 0 Å². The largest absolute Gasteiger partial charge is 0.494 e. The number of anilines is 1. The summed E-state index contributed by atoms with van der Waals surface area (Å²) in [6.07, 6.45) is 0.987. The minimum atomic E-state index is -0.127. The Morgan fingerprint density at radius 1 is 1.10 bits per heavy atom. The summed E-state index contributed by atoms with van der Waals surface area (Å²) in [5.74, 6) is 0.703. The van der Waals surface area contributed by atoms with Gasteiger partial charge in [0, 0.05) is 17.8 Å². The lowest BCUT2D eigenvalue weighted by Gasteiger charge is -2.10. The Balaban J connectivity index is 1.68. The second kappa shape index (κ2) is 9.67. The van der Waals surface area contributed by atoms with Gasteiger partial charge < -0.3 is 15.0 Å². The molecule has 1 heterocycles. The summed E-state index contributed by atoms with van der Waals surface area (Å²) in [5, 5.41) is 3.81. The number of hydrogen-bond acceptors (Lipinski definition) is 5. The van der Waals surface area contributed by atoms with Crippen molar-refractivity contribution in [1.29, 1.82) is 0 Å². The Kier molecular flexibility index (Phi) is 7.01. The molecule has 0 aliphatic carbocycles. The molecule has 3 aromatic rings. The first-order valence-corrected chi connectivity index (χ1v) is 10.5. The Bertz CT molecular complexity index is 947. The van der Waals surface area contributed by atoms with Gasteiger partial charge in [-0.15, -0.1) is 11.3 Å². The maximum atomic E-state index is 12.8. The molecule has 1 aromatic heterocycles. The van der Waals surface area contributed by atoms with Gasteiger partial charge in [-0.25, -0.2) is 4.98 Å². The summed E-state index contributed by atoms with van der Waals surface area (Å²) in [7, 11) is 4.13. The van der Waals surface area contributed by atoms with E-state index in [9.17, 15) is 4.79 Å². The van der Waals surface area contributed by atoms with E-state index in [2.05, 4.69) is 41.4 Å². The van der Waals surface area contributed by atoms with Crippen molar-refractivity contribution in [2.45, 2.75) is 20.3 Å². The third kappa shape index (κ3) is 5.65. The molecule has 0 atom stereocenters. The quantitative estimate of drug-likeness (QED) is 0.576. The predicted molar refractivity (Wildman–Crippen MR) is 120 cm³/mol. The Labute approximate surface area is 176 Å². The lowest BCUT2D eigenvalue weighted by atomic mass is 10.1. The van der Waals surface area contributed by atoms with Crippen LogP contribution >= 0.6 is 11.3 Å². The highest BCUT2D eigenvalue weighted by molar-refractivity contribution is 7.17. The number of carbonyl (C=O) groups is 1. The molecule has 0 spiro atoms. The van der Waals surface area contributed by atoms with E-state index in [1.54, 1.807) is 0 Å². The first-order valence-electron chi connectivity index (χ1n) is 9.72. The van der Waals surface area contributed by atoms with Crippen LogP contribution in [0.1, 0.15) is 27.9 Å². The molecule has 0 bridgehead atoms. The molecule has 0 aliphatic rings. The van der Waals surface area contributed by atoms with Crippen LogP contribution in [0.15, 0.2) is 48.5 Å². The van der Waals surface area contributed by atoms with Crippen LogP contribution in [0.4, 0.5) is 5.69 Å². The van der Waals surface area contributed by atoms with Crippen molar-refractivity contribution in [2.75, 3.05) is 32.6 Å². The molecule has 0 saturated heterocycles. The molecule has 0 saturated carbocycles. The molecule has 29 heavy (non-hydrogen) atoms. The van der Waals surface area contributed by atoms with Crippen molar-refractivity contribution >= 4 is 22.9 Å². The van der Waals surface area contributed by atoms with Gasteiger partial charge >= 0.3 is 0 Å². The maximum Gasteiger partial charge on any atom is 0.267 e. The highest BCUT2D eigenvalue weighted by Crippen LogP contribution is 2.29. The zero-order valence-electron chi connectivity index (χ0n) is 17.4. The second-order valence-corrected chi connectivity index (χ2v) is 8.09. The van der Waals surface area contributed by atoms with E-state index in [0.29, 0.717) is 11.5 Å². The Morgan fingerprint density at radius 2 is 1.79 bits per heavy atom. The number of ether oxygens (including phenoxy) is 1. The highest BCUT2D eigenvalue weighted by Gasteiger charge is 2.16. The van der Waals surface area contributed by atoms with Gasteiger partial charge in [0.15, 0.2) is 0 Å². The van der Waals surface area contributed by atoms with Gasteiger partial charge in [-0.3, -0.25) is 4.79 Å². The molecule has 0 unspecified atom stereocenters. The smallest absolute Gasteiger partial charge is 0.267 e. The average molecular weight is 410 g/mol. The van der Waals surface area contributed by atoms with Crippen LogP contribution < -0.4 is 10.1 Å². The summed E-state index contributed by atoms with van der Waals surface area (Å²) < 4.78 is 5.48. The van der Waals surface area contributed by atoms with Crippen LogP contribution in [0.3, 0.4) is 0 Å². The Hall–Kier alpha value is -2.70. The van der Waals surface area contributed by atoms with Crippen molar-refractivity contribution in [3.8, 4) is 16.3 Å². The number of carbonyl (C=O) groups excluding carboxylic acids is 1. The van der Waals surface area contributed by atoms with Crippen molar-refractivity contribution in [3.63, 3.8) is 0 Å². The lowest BCUT2D eigenvalue weighted by molar-refractivity contribution is 0.103. The van der Waals surface area contributed by atoms with E-state index in [0.717, 1.165) is 40.7 Å². The number of rotatable bonds is 8. The van der Waals surface area contributed by atoms with Crippen LogP contribution in [0.25, 0.3) is 10.6 Å². The number of benzene rings is 2. The summed E-state index contributed by atoms with van der Waals surface area (Å²) in [6, 6.07) is 15.8. The monoisotopic (exact) mass is 409 g/mol. The first kappa shape index (κ1) is 21.0. The standard InChI is InChI=1S/C23H27N3O2S/c1-5-28-20-12-8-18(9-13-20)23-24-16(2)21(29-23)22(27)25-19-10-6-17(7-11-19)14-15-26(3)4/h6-13H,5,14-15H2,1-4H3,(H,25,27). The number of thiazole rings is 1. The molecule has 0 fully saturated rings. The van der Waals surface area contributed by atoms with E-state index in [4.69, 9.17) is 4.74 Å². The molecule has 2 aromatic carbocycles. The van der Waals surface area contributed by atoms with E-state index in [1.165, 1.54) is 16.9 Å². The number of nitrogens with one attached hydrogen (secondary N) is 1. The van der Waals surface area contributed by atoms with Gasteiger partial charge in [-0.1, -0.05) is 12.1 Å². The zero-order valence-corrected chi connectivity index (χ0v) is 18.2. The number of hydrogen-bond donors (Lipinski definition) is 1. The van der Waals surface area contributed by atoms with Crippen LogP contribution in [-0.4, -0.2) is 43.0 Å².